The molecular weight excluding hydrogens is 322 g/mol. The van der Waals surface area contributed by atoms with Crippen molar-refractivity contribution >= 4 is 23.3 Å². The molecule has 24 heavy (non-hydrogen) atoms. The maximum Gasteiger partial charge on any atom is 0.339 e. The van der Waals surface area contributed by atoms with Crippen LogP contribution in [0.1, 0.15) is 39.9 Å². The smallest absolute Gasteiger partial charge is 0.339 e. The van der Waals surface area contributed by atoms with Crippen molar-refractivity contribution in [3.8, 4) is 0 Å². The maximum atomic E-state index is 12.2. The minimum Gasteiger partial charge on any atom is -0.465 e. The molecule has 0 aromatic heterocycles. The summed E-state index contributed by atoms with van der Waals surface area (Å²) >= 11 is 6.45. The second-order valence-electron chi connectivity index (χ2n) is 6.26. The summed E-state index contributed by atoms with van der Waals surface area (Å²) in [5, 5.41) is 4.33. The monoisotopic (exact) mass is 339 g/mol. The van der Waals surface area contributed by atoms with E-state index in [0.717, 1.165) is 28.3 Å². The van der Waals surface area contributed by atoms with Crippen molar-refractivity contribution in [1.82, 2.24) is 0 Å². The highest BCUT2D eigenvalue weighted by Crippen LogP contribution is 2.51. The number of hydrogen-bond donors (Lipinski definition) is 1. The van der Waals surface area contributed by atoms with Crippen LogP contribution in [0.25, 0.3) is 0 Å². The second-order valence-corrected chi connectivity index (χ2v) is 6.67. The average molecular weight is 340 g/mol. The van der Waals surface area contributed by atoms with Crippen LogP contribution >= 0.6 is 11.6 Å². The molecule has 122 valence electrons. The molecule has 3 atom stereocenters. The second kappa shape index (κ2) is 5.99. The molecule has 0 bridgehead atoms. The molecule has 3 unspecified atom stereocenters. The summed E-state index contributed by atoms with van der Waals surface area (Å²) in [6.45, 7) is 0. The predicted molar refractivity (Wildman–Crippen MR) is 95.6 cm³/mol. The molecule has 1 heterocycles. The summed E-state index contributed by atoms with van der Waals surface area (Å²) in [7, 11) is 1.41. The van der Waals surface area contributed by atoms with E-state index in [9.17, 15) is 4.79 Å². The number of allylic oxidation sites excluding steroid dienone is 2. The van der Waals surface area contributed by atoms with E-state index in [-0.39, 0.29) is 17.9 Å². The number of nitrogens with one attached hydrogen (secondary N) is 1. The van der Waals surface area contributed by atoms with Gasteiger partial charge in [-0.2, -0.15) is 0 Å². The van der Waals surface area contributed by atoms with Gasteiger partial charge in [-0.05, 0) is 35.6 Å². The molecule has 4 rings (SSSR count). The number of methoxy groups -OCH3 is 1. The Morgan fingerprint density at radius 1 is 1.17 bits per heavy atom. The number of hydrogen-bond acceptors (Lipinski definition) is 3. The Morgan fingerprint density at radius 3 is 2.75 bits per heavy atom. The van der Waals surface area contributed by atoms with Gasteiger partial charge < -0.3 is 10.1 Å². The first-order valence-electron chi connectivity index (χ1n) is 8.09. The Morgan fingerprint density at radius 2 is 1.96 bits per heavy atom. The van der Waals surface area contributed by atoms with Gasteiger partial charge >= 0.3 is 5.97 Å². The van der Waals surface area contributed by atoms with E-state index in [1.54, 1.807) is 6.07 Å². The molecule has 0 saturated heterocycles. The summed E-state index contributed by atoms with van der Waals surface area (Å²) in [5.74, 6) is 0.357. The highest BCUT2D eigenvalue weighted by Gasteiger charge is 2.39. The van der Waals surface area contributed by atoms with Crippen molar-refractivity contribution in [2.45, 2.75) is 18.4 Å². The van der Waals surface area contributed by atoms with Crippen molar-refractivity contribution < 1.29 is 9.53 Å². The van der Waals surface area contributed by atoms with Crippen molar-refractivity contribution in [2.24, 2.45) is 5.92 Å². The van der Waals surface area contributed by atoms with Crippen molar-refractivity contribution in [3.05, 3.63) is 76.3 Å². The summed E-state index contributed by atoms with van der Waals surface area (Å²) in [6, 6.07) is 13.8. The summed E-state index contributed by atoms with van der Waals surface area (Å²) in [6.07, 6.45) is 5.46. The van der Waals surface area contributed by atoms with Crippen molar-refractivity contribution in [1.29, 1.82) is 0 Å². The van der Waals surface area contributed by atoms with E-state index in [1.165, 1.54) is 7.11 Å². The summed E-state index contributed by atoms with van der Waals surface area (Å²) in [5.41, 5.74) is 3.66. The topological polar surface area (TPSA) is 38.3 Å². The number of carbonyl (C=O) groups is 1. The number of rotatable bonds is 2. The van der Waals surface area contributed by atoms with Crippen LogP contribution in [0.2, 0.25) is 5.02 Å². The van der Waals surface area contributed by atoms with Crippen LogP contribution in [0, 0.1) is 5.92 Å². The lowest BCUT2D eigenvalue weighted by Crippen LogP contribution is -2.30. The molecular formula is C20H18ClNO2. The molecule has 2 aliphatic rings. The number of fused-ring (bicyclic) bond motifs is 3. The Bertz CT molecular complexity index is 830. The van der Waals surface area contributed by atoms with Gasteiger partial charge in [0.2, 0.25) is 0 Å². The third-order valence-corrected chi connectivity index (χ3v) is 5.39. The van der Waals surface area contributed by atoms with E-state index < -0.39 is 0 Å². The molecule has 2 aromatic carbocycles. The minimum atomic E-state index is -0.322. The quantitative estimate of drug-likeness (QED) is 0.621. The fourth-order valence-corrected chi connectivity index (χ4v) is 4.19. The predicted octanol–water partition coefficient (Wildman–Crippen LogP) is 4.95. The number of esters is 1. The highest BCUT2D eigenvalue weighted by molar-refractivity contribution is 6.31. The van der Waals surface area contributed by atoms with Gasteiger partial charge in [0.25, 0.3) is 0 Å². The SMILES string of the molecule is COC(=O)c1cccc2c1NC(c1ccccc1Cl)C1CC=CC21. The van der Waals surface area contributed by atoms with Crippen LogP contribution in [0.3, 0.4) is 0 Å². The minimum absolute atomic E-state index is 0.0667. The Kier molecular flexibility index (Phi) is 3.81. The fourth-order valence-electron chi connectivity index (χ4n) is 3.94. The van der Waals surface area contributed by atoms with Gasteiger partial charge in [-0.15, -0.1) is 0 Å². The van der Waals surface area contributed by atoms with Gasteiger partial charge in [-0.1, -0.05) is 54.1 Å². The third-order valence-electron chi connectivity index (χ3n) is 5.04. The molecule has 2 aromatic rings. The van der Waals surface area contributed by atoms with Gasteiger partial charge in [-0.25, -0.2) is 4.79 Å². The lowest BCUT2D eigenvalue weighted by atomic mass is 9.76. The van der Waals surface area contributed by atoms with Crippen LogP contribution in [-0.2, 0) is 4.74 Å². The number of para-hydroxylation sites is 1. The van der Waals surface area contributed by atoms with Gasteiger partial charge in [0.1, 0.15) is 0 Å². The molecule has 0 spiro atoms. The first-order valence-corrected chi connectivity index (χ1v) is 8.47. The number of carbonyl (C=O) groups excluding carboxylic acids is 1. The van der Waals surface area contributed by atoms with Crippen LogP contribution < -0.4 is 5.32 Å². The molecule has 0 radical (unpaired) electrons. The zero-order valence-electron chi connectivity index (χ0n) is 13.3. The fraction of sp³-hybridized carbons (Fsp3) is 0.250. The van der Waals surface area contributed by atoms with Gasteiger partial charge in [0.15, 0.2) is 0 Å². The average Bonchev–Trinajstić information content (AvgIpc) is 3.10. The van der Waals surface area contributed by atoms with Crippen LogP contribution in [0.5, 0.6) is 0 Å². The molecule has 3 nitrogen and oxygen atoms in total. The lowest BCUT2D eigenvalue weighted by molar-refractivity contribution is 0.0601. The molecule has 1 aliphatic carbocycles. The molecule has 0 amide bonds. The van der Waals surface area contributed by atoms with Crippen molar-refractivity contribution in [3.63, 3.8) is 0 Å². The summed E-state index contributed by atoms with van der Waals surface area (Å²) < 4.78 is 4.96. The first kappa shape index (κ1) is 15.3. The number of halogens is 1. The van der Waals surface area contributed by atoms with Crippen LogP contribution in [-0.4, -0.2) is 13.1 Å². The van der Waals surface area contributed by atoms with Crippen molar-refractivity contribution in [2.75, 3.05) is 12.4 Å². The standard InChI is InChI=1S/C20H18ClNO2/c1-24-20(23)16-10-5-9-14-12-7-4-8-13(12)18(22-19(14)16)15-6-2-3-11-17(15)21/h2-7,9-13,18,22H,8H2,1H3. The Balaban J connectivity index is 1.85. The van der Waals surface area contributed by atoms with E-state index in [2.05, 4.69) is 29.6 Å². The van der Waals surface area contributed by atoms with Gasteiger partial charge in [0.05, 0.1) is 24.4 Å². The highest BCUT2D eigenvalue weighted by atomic mass is 35.5. The molecule has 4 heteroatoms. The van der Waals surface area contributed by atoms with E-state index in [1.807, 2.05) is 24.3 Å². The van der Waals surface area contributed by atoms with E-state index >= 15 is 0 Å². The number of anilines is 1. The van der Waals surface area contributed by atoms with Crippen LogP contribution in [0.4, 0.5) is 5.69 Å². The molecule has 0 fully saturated rings. The van der Waals surface area contributed by atoms with Crippen LogP contribution in [0.15, 0.2) is 54.6 Å². The molecule has 0 saturated carbocycles. The molecule has 1 aliphatic heterocycles. The zero-order valence-corrected chi connectivity index (χ0v) is 14.1. The zero-order chi connectivity index (χ0) is 16.7. The van der Waals surface area contributed by atoms with E-state index in [4.69, 9.17) is 16.3 Å². The third kappa shape index (κ3) is 2.31. The number of ether oxygens (including phenoxy) is 1. The number of benzene rings is 2. The largest absolute Gasteiger partial charge is 0.465 e. The first-order chi connectivity index (χ1) is 11.7. The van der Waals surface area contributed by atoms with E-state index in [0.29, 0.717) is 11.5 Å². The Hall–Kier alpha value is -2.26. The normalized spacial score (nSPS) is 24.0. The van der Waals surface area contributed by atoms with Gasteiger partial charge in [-0.3, -0.25) is 0 Å². The maximum absolute atomic E-state index is 12.2. The lowest BCUT2D eigenvalue weighted by Gasteiger charge is -2.38. The van der Waals surface area contributed by atoms with Gasteiger partial charge in [0, 0.05) is 10.9 Å². The Labute approximate surface area is 146 Å². The summed E-state index contributed by atoms with van der Waals surface area (Å²) in [4.78, 5) is 12.2. The molecule has 1 N–H and O–H groups in total.